The largest absolute Gasteiger partial charge is 0.371 e. The van der Waals surface area contributed by atoms with Gasteiger partial charge in [-0.3, -0.25) is 4.79 Å². The lowest BCUT2D eigenvalue weighted by Crippen LogP contribution is -2.27. The van der Waals surface area contributed by atoms with Crippen molar-refractivity contribution in [2.24, 2.45) is 0 Å². The van der Waals surface area contributed by atoms with Crippen LogP contribution >= 0.6 is 23.4 Å². The van der Waals surface area contributed by atoms with Crippen molar-refractivity contribution in [3.63, 3.8) is 0 Å². The van der Waals surface area contributed by atoms with E-state index in [-0.39, 0.29) is 12.0 Å². The molecule has 5 heteroatoms. The lowest BCUT2D eigenvalue weighted by molar-refractivity contribution is 0.0950. The number of carbonyl (C=O) groups excluding carboxylic acids is 1. The monoisotopic (exact) mass is 257 g/mol. The zero-order valence-corrected chi connectivity index (χ0v) is 10.4. The van der Waals surface area contributed by atoms with Crippen LogP contribution in [0, 0.1) is 0 Å². The van der Waals surface area contributed by atoms with Crippen molar-refractivity contribution in [2.45, 2.75) is 11.0 Å². The number of hydrogen-bond donors (Lipinski definition) is 1. The molecule has 1 aliphatic heterocycles. The first kappa shape index (κ1) is 11.8. The highest BCUT2D eigenvalue weighted by atomic mass is 35.5. The summed E-state index contributed by atoms with van der Waals surface area (Å²) in [7, 11) is 0. The molecule has 1 unspecified atom stereocenters. The van der Waals surface area contributed by atoms with Gasteiger partial charge < -0.3 is 10.1 Å². The van der Waals surface area contributed by atoms with Crippen molar-refractivity contribution in [3.05, 3.63) is 28.8 Å². The number of carbonyl (C=O) groups is 1. The van der Waals surface area contributed by atoms with Crippen molar-refractivity contribution in [1.29, 1.82) is 0 Å². The van der Waals surface area contributed by atoms with Crippen LogP contribution < -0.4 is 5.32 Å². The number of amides is 1. The summed E-state index contributed by atoms with van der Waals surface area (Å²) in [6, 6.07) is 5.44. The summed E-state index contributed by atoms with van der Waals surface area (Å²) in [5.74, 6) is -0.142. The summed E-state index contributed by atoms with van der Waals surface area (Å²) in [4.78, 5) is 12.8. The standard InChI is InChI=1S/C11H12ClNO2S/c1-16-8-2-3-10(12)9(4-8)11(14)13-5-7-6-15-7/h2-4,7H,5-6H2,1H3,(H,13,14). The Hall–Kier alpha value is -0.710. The molecule has 1 atom stereocenters. The fourth-order valence-corrected chi connectivity index (χ4v) is 1.94. The molecule has 0 spiro atoms. The molecule has 1 amide bonds. The van der Waals surface area contributed by atoms with E-state index >= 15 is 0 Å². The van der Waals surface area contributed by atoms with Crippen LogP contribution in [0.2, 0.25) is 5.02 Å². The SMILES string of the molecule is CSc1ccc(Cl)c(C(=O)NCC2CO2)c1. The Morgan fingerprint density at radius 3 is 3.06 bits per heavy atom. The van der Waals surface area contributed by atoms with Crippen LogP contribution in [0.5, 0.6) is 0 Å². The predicted molar refractivity (Wildman–Crippen MR) is 65.3 cm³/mol. The van der Waals surface area contributed by atoms with Gasteiger partial charge in [0.05, 0.1) is 23.3 Å². The number of benzene rings is 1. The van der Waals surface area contributed by atoms with Crippen molar-refractivity contribution in [1.82, 2.24) is 5.32 Å². The van der Waals surface area contributed by atoms with E-state index in [9.17, 15) is 4.79 Å². The van der Waals surface area contributed by atoms with Crippen LogP contribution in [0.4, 0.5) is 0 Å². The van der Waals surface area contributed by atoms with E-state index in [2.05, 4.69) is 5.32 Å². The average Bonchev–Trinajstić information content (AvgIpc) is 3.10. The van der Waals surface area contributed by atoms with Crippen molar-refractivity contribution in [2.75, 3.05) is 19.4 Å². The van der Waals surface area contributed by atoms with Crippen molar-refractivity contribution in [3.8, 4) is 0 Å². The highest BCUT2D eigenvalue weighted by Gasteiger charge is 2.23. The van der Waals surface area contributed by atoms with Gasteiger partial charge in [-0.05, 0) is 24.5 Å². The molecule has 1 heterocycles. The molecule has 1 aromatic carbocycles. The maximum atomic E-state index is 11.8. The number of halogens is 1. The minimum Gasteiger partial charge on any atom is -0.371 e. The Kier molecular flexibility index (Phi) is 3.74. The molecule has 0 saturated carbocycles. The lowest BCUT2D eigenvalue weighted by Gasteiger charge is -2.06. The topological polar surface area (TPSA) is 41.6 Å². The first-order valence-electron chi connectivity index (χ1n) is 4.94. The number of nitrogens with one attached hydrogen (secondary N) is 1. The van der Waals surface area contributed by atoms with Gasteiger partial charge in [-0.25, -0.2) is 0 Å². The van der Waals surface area contributed by atoms with E-state index in [1.165, 1.54) is 0 Å². The zero-order chi connectivity index (χ0) is 11.5. The third kappa shape index (κ3) is 2.90. The van der Waals surface area contributed by atoms with Crippen LogP contribution in [0.3, 0.4) is 0 Å². The van der Waals surface area contributed by atoms with Crippen LogP contribution in [-0.4, -0.2) is 31.4 Å². The fraction of sp³-hybridized carbons (Fsp3) is 0.364. The predicted octanol–water partition coefficient (Wildman–Crippen LogP) is 2.19. The molecular formula is C11H12ClNO2S. The fourth-order valence-electron chi connectivity index (χ4n) is 1.29. The summed E-state index contributed by atoms with van der Waals surface area (Å²) < 4.78 is 5.02. The van der Waals surface area contributed by atoms with Gasteiger partial charge in [-0.15, -0.1) is 11.8 Å². The van der Waals surface area contributed by atoms with E-state index in [4.69, 9.17) is 16.3 Å². The third-order valence-electron chi connectivity index (χ3n) is 2.31. The second kappa shape index (κ2) is 5.08. The van der Waals surface area contributed by atoms with Gasteiger partial charge in [0.25, 0.3) is 5.91 Å². The maximum absolute atomic E-state index is 11.8. The van der Waals surface area contributed by atoms with E-state index in [1.807, 2.05) is 12.3 Å². The number of epoxide rings is 1. The van der Waals surface area contributed by atoms with Crippen molar-refractivity contribution < 1.29 is 9.53 Å². The van der Waals surface area contributed by atoms with Crippen LogP contribution in [0.15, 0.2) is 23.1 Å². The Morgan fingerprint density at radius 2 is 2.44 bits per heavy atom. The van der Waals surface area contributed by atoms with E-state index in [0.717, 1.165) is 11.5 Å². The quantitative estimate of drug-likeness (QED) is 0.664. The summed E-state index contributed by atoms with van der Waals surface area (Å²) >= 11 is 7.56. The summed E-state index contributed by atoms with van der Waals surface area (Å²) in [6.07, 6.45) is 2.15. The molecule has 3 nitrogen and oxygen atoms in total. The molecule has 1 aliphatic rings. The van der Waals surface area contributed by atoms with Gasteiger partial charge in [0.2, 0.25) is 0 Å². The van der Waals surface area contributed by atoms with Gasteiger partial charge in [0.15, 0.2) is 0 Å². The van der Waals surface area contributed by atoms with Crippen LogP contribution in [0.25, 0.3) is 0 Å². The summed E-state index contributed by atoms with van der Waals surface area (Å²) in [6.45, 7) is 1.29. The molecule has 1 N–H and O–H groups in total. The van der Waals surface area contributed by atoms with Crippen LogP contribution in [-0.2, 0) is 4.74 Å². The normalized spacial score (nSPS) is 18.2. The van der Waals surface area contributed by atoms with E-state index < -0.39 is 0 Å². The van der Waals surface area contributed by atoms with Crippen molar-refractivity contribution >= 4 is 29.3 Å². The highest BCUT2D eigenvalue weighted by Crippen LogP contribution is 2.23. The minimum atomic E-state index is -0.142. The van der Waals surface area contributed by atoms with Gasteiger partial charge in [0.1, 0.15) is 0 Å². The Labute approximate surface area is 104 Å². The van der Waals surface area contributed by atoms with Gasteiger partial charge in [-0.2, -0.15) is 0 Å². The average molecular weight is 258 g/mol. The molecule has 1 saturated heterocycles. The Bertz CT molecular complexity index is 407. The maximum Gasteiger partial charge on any atom is 0.252 e. The number of ether oxygens (including phenoxy) is 1. The molecule has 1 fully saturated rings. The second-order valence-corrected chi connectivity index (χ2v) is 4.80. The molecule has 0 bridgehead atoms. The number of rotatable bonds is 4. The Morgan fingerprint density at radius 1 is 1.69 bits per heavy atom. The highest BCUT2D eigenvalue weighted by molar-refractivity contribution is 7.98. The first-order chi connectivity index (χ1) is 7.70. The number of hydrogen-bond acceptors (Lipinski definition) is 3. The van der Waals surface area contributed by atoms with Crippen LogP contribution in [0.1, 0.15) is 10.4 Å². The van der Waals surface area contributed by atoms with Gasteiger partial charge >= 0.3 is 0 Å². The molecule has 2 rings (SSSR count). The molecule has 0 aromatic heterocycles. The van der Waals surface area contributed by atoms with Gasteiger partial charge in [0, 0.05) is 11.4 Å². The molecule has 16 heavy (non-hydrogen) atoms. The Balaban J connectivity index is 2.07. The molecular weight excluding hydrogens is 246 g/mol. The zero-order valence-electron chi connectivity index (χ0n) is 8.83. The minimum absolute atomic E-state index is 0.142. The first-order valence-corrected chi connectivity index (χ1v) is 6.54. The van der Waals surface area contributed by atoms with Gasteiger partial charge in [-0.1, -0.05) is 11.6 Å². The molecule has 0 radical (unpaired) electrons. The van der Waals surface area contributed by atoms with E-state index in [0.29, 0.717) is 17.1 Å². The number of thioether (sulfide) groups is 1. The third-order valence-corrected chi connectivity index (χ3v) is 3.37. The molecule has 0 aliphatic carbocycles. The summed E-state index contributed by atoms with van der Waals surface area (Å²) in [5.41, 5.74) is 0.522. The molecule has 86 valence electrons. The second-order valence-electron chi connectivity index (χ2n) is 3.51. The lowest BCUT2D eigenvalue weighted by atomic mass is 10.2. The smallest absolute Gasteiger partial charge is 0.252 e. The summed E-state index contributed by atoms with van der Waals surface area (Å²) in [5, 5.41) is 3.27. The molecule has 1 aromatic rings. The van der Waals surface area contributed by atoms with E-state index in [1.54, 1.807) is 23.9 Å².